The van der Waals surface area contributed by atoms with Gasteiger partial charge in [0.15, 0.2) is 0 Å². The molecule has 106 valence electrons. The summed E-state index contributed by atoms with van der Waals surface area (Å²) in [5.74, 6) is 0. The number of aromatic nitrogens is 2. The molecule has 3 nitrogen and oxygen atoms in total. The highest BCUT2D eigenvalue weighted by atomic mass is 35.5. The number of rotatable bonds is 4. The second kappa shape index (κ2) is 6.12. The summed E-state index contributed by atoms with van der Waals surface area (Å²) in [5, 5.41) is 5.12. The number of halogens is 1. The van der Waals surface area contributed by atoms with E-state index < -0.39 is 0 Å². The summed E-state index contributed by atoms with van der Waals surface area (Å²) in [6.45, 7) is 0. The Morgan fingerprint density at radius 3 is 2.48 bits per heavy atom. The Hall–Kier alpha value is -2.10. The van der Waals surface area contributed by atoms with Gasteiger partial charge in [0, 0.05) is 11.2 Å². The number of nitrogens with two attached hydrogens (primary N) is 1. The maximum atomic E-state index is 6.36. The molecule has 3 rings (SSSR count). The molecular formula is C17H16ClN3. The van der Waals surface area contributed by atoms with Gasteiger partial charge in [0.2, 0.25) is 0 Å². The van der Waals surface area contributed by atoms with Crippen molar-refractivity contribution in [3.05, 3.63) is 83.1 Å². The summed E-state index contributed by atoms with van der Waals surface area (Å²) in [7, 11) is 0. The second-order valence-electron chi connectivity index (χ2n) is 4.91. The minimum atomic E-state index is -0.160. The van der Waals surface area contributed by atoms with Crippen molar-refractivity contribution >= 4 is 11.6 Å². The molecule has 0 aliphatic heterocycles. The van der Waals surface area contributed by atoms with E-state index >= 15 is 0 Å². The summed E-state index contributed by atoms with van der Waals surface area (Å²) in [5.41, 5.74) is 9.39. The van der Waals surface area contributed by atoms with E-state index in [1.807, 2.05) is 65.3 Å². The average molecular weight is 298 g/mol. The minimum absolute atomic E-state index is 0.160. The first-order valence-corrected chi connectivity index (χ1v) is 7.22. The van der Waals surface area contributed by atoms with Crippen LogP contribution in [-0.4, -0.2) is 9.78 Å². The molecule has 0 saturated carbocycles. The Kier molecular flexibility index (Phi) is 4.04. The molecular weight excluding hydrogens is 282 g/mol. The number of benzene rings is 2. The van der Waals surface area contributed by atoms with E-state index in [4.69, 9.17) is 17.3 Å². The quantitative estimate of drug-likeness (QED) is 0.796. The summed E-state index contributed by atoms with van der Waals surface area (Å²) >= 11 is 6.21. The van der Waals surface area contributed by atoms with E-state index in [1.165, 1.54) is 0 Å². The molecule has 1 atom stereocenters. The zero-order valence-corrected chi connectivity index (χ0v) is 12.2. The van der Waals surface area contributed by atoms with E-state index in [0.717, 1.165) is 22.0 Å². The van der Waals surface area contributed by atoms with Gasteiger partial charge in [0.1, 0.15) is 0 Å². The van der Waals surface area contributed by atoms with Gasteiger partial charge in [-0.25, -0.2) is 4.68 Å². The molecule has 0 aliphatic carbocycles. The van der Waals surface area contributed by atoms with Gasteiger partial charge in [-0.05, 0) is 36.2 Å². The molecule has 21 heavy (non-hydrogen) atoms. The van der Waals surface area contributed by atoms with Gasteiger partial charge in [-0.2, -0.15) is 5.10 Å². The molecule has 0 saturated heterocycles. The van der Waals surface area contributed by atoms with Crippen molar-refractivity contribution in [2.75, 3.05) is 0 Å². The third kappa shape index (κ3) is 2.99. The molecule has 4 heteroatoms. The smallest absolute Gasteiger partial charge is 0.0649 e. The Morgan fingerprint density at radius 1 is 1.00 bits per heavy atom. The SMILES string of the molecule is NC(Cc1ccccc1Cl)c1ccnn1-c1ccccc1. The van der Waals surface area contributed by atoms with Crippen molar-refractivity contribution in [1.82, 2.24) is 9.78 Å². The van der Waals surface area contributed by atoms with Gasteiger partial charge >= 0.3 is 0 Å². The van der Waals surface area contributed by atoms with Crippen LogP contribution in [0.4, 0.5) is 0 Å². The monoisotopic (exact) mass is 297 g/mol. The molecule has 0 aliphatic rings. The van der Waals surface area contributed by atoms with Crippen LogP contribution in [0.5, 0.6) is 0 Å². The Labute approximate surface area is 129 Å². The van der Waals surface area contributed by atoms with Gasteiger partial charge in [0.05, 0.1) is 17.4 Å². The molecule has 1 heterocycles. The maximum absolute atomic E-state index is 6.36. The number of nitrogens with zero attached hydrogens (tertiary/aromatic N) is 2. The normalized spacial score (nSPS) is 12.3. The zero-order chi connectivity index (χ0) is 14.7. The van der Waals surface area contributed by atoms with Crippen LogP contribution in [0, 0.1) is 0 Å². The van der Waals surface area contributed by atoms with Gasteiger partial charge in [0.25, 0.3) is 0 Å². The number of hydrogen-bond donors (Lipinski definition) is 1. The predicted octanol–water partition coefficient (Wildman–Crippen LogP) is 3.77. The van der Waals surface area contributed by atoms with E-state index in [-0.39, 0.29) is 6.04 Å². The highest BCUT2D eigenvalue weighted by Gasteiger charge is 2.14. The van der Waals surface area contributed by atoms with E-state index in [1.54, 1.807) is 6.20 Å². The van der Waals surface area contributed by atoms with Gasteiger partial charge in [-0.3, -0.25) is 0 Å². The van der Waals surface area contributed by atoms with Crippen LogP contribution in [0.1, 0.15) is 17.3 Å². The molecule has 3 aromatic rings. The molecule has 0 bridgehead atoms. The zero-order valence-electron chi connectivity index (χ0n) is 11.5. The van der Waals surface area contributed by atoms with Crippen LogP contribution >= 0.6 is 11.6 Å². The third-order valence-corrected chi connectivity index (χ3v) is 3.82. The molecule has 2 aromatic carbocycles. The molecule has 0 amide bonds. The Balaban J connectivity index is 1.88. The molecule has 1 aromatic heterocycles. The first kappa shape index (κ1) is 13.9. The molecule has 1 unspecified atom stereocenters. The average Bonchev–Trinajstić information content (AvgIpc) is 3.00. The van der Waals surface area contributed by atoms with Gasteiger partial charge in [-0.1, -0.05) is 48.0 Å². The highest BCUT2D eigenvalue weighted by Crippen LogP contribution is 2.23. The summed E-state index contributed by atoms with van der Waals surface area (Å²) < 4.78 is 1.88. The van der Waals surface area contributed by atoms with Crippen molar-refractivity contribution in [3.63, 3.8) is 0 Å². The Morgan fingerprint density at radius 2 is 1.71 bits per heavy atom. The lowest BCUT2D eigenvalue weighted by Gasteiger charge is -2.15. The molecule has 2 N–H and O–H groups in total. The van der Waals surface area contributed by atoms with Crippen molar-refractivity contribution in [2.24, 2.45) is 5.73 Å². The van der Waals surface area contributed by atoms with Crippen LogP contribution in [0.15, 0.2) is 66.9 Å². The number of hydrogen-bond acceptors (Lipinski definition) is 2. The van der Waals surface area contributed by atoms with Crippen LogP contribution < -0.4 is 5.73 Å². The first-order chi connectivity index (χ1) is 10.3. The summed E-state index contributed by atoms with van der Waals surface area (Å²) in [6, 6.07) is 19.6. The lowest BCUT2D eigenvalue weighted by atomic mass is 10.0. The van der Waals surface area contributed by atoms with Gasteiger partial charge < -0.3 is 5.73 Å². The number of para-hydroxylation sites is 1. The van der Waals surface area contributed by atoms with E-state index in [0.29, 0.717) is 6.42 Å². The van der Waals surface area contributed by atoms with Gasteiger partial charge in [-0.15, -0.1) is 0 Å². The van der Waals surface area contributed by atoms with Crippen LogP contribution in [0.3, 0.4) is 0 Å². The highest BCUT2D eigenvalue weighted by molar-refractivity contribution is 6.31. The third-order valence-electron chi connectivity index (χ3n) is 3.45. The van der Waals surface area contributed by atoms with Crippen LogP contribution in [0.25, 0.3) is 5.69 Å². The fraction of sp³-hybridized carbons (Fsp3) is 0.118. The topological polar surface area (TPSA) is 43.8 Å². The standard InChI is InChI=1S/C17H16ClN3/c18-15-9-5-4-6-13(15)12-16(19)17-10-11-20-21(17)14-7-2-1-3-8-14/h1-11,16H,12,19H2. The first-order valence-electron chi connectivity index (χ1n) is 6.84. The molecule has 0 radical (unpaired) electrons. The largest absolute Gasteiger partial charge is 0.322 e. The van der Waals surface area contributed by atoms with Crippen LogP contribution in [-0.2, 0) is 6.42 Å². The fourth-order valence-corrected chi connectivity index (χ4v) is 2.60. The Bertz CT molecular complexity index is 722. The second-order valence-corrected chi connectivity index (χ2v) is 5.31. The van der Waals surface area contributed by atoms with Crippen molar-refractivity contribution in [1.29, 1.82) is 0 Å². The van der Waals surface area contributed by atoms with Crippen molar-refractivity contribution in [2.45, 2.75) is 12.5 Å². The fourth-order valence-electron chi connectivity index (χ4n) is 2.38. The summed E-state index contributed by atoms with van der Waals surface area (Å²) in [4.78, 5) is 0. The minimum Gasteiger partial charge on any atom is -0.322 e. The van der Waals surface area contributed by atoms with Crippen molar-refractivity contribution < 1.29 is 0 Å². The van der Waals surface area contributed by atoms with E-state index in [9.17, 15) is 0 Å². The van der Waals surface area contributed by atoms with E-state index in [2.05, 4.69) is 5.10 Å². The van der Waals surface area contributed by atoms with Crippen molar-refractivity contribution in [3.8, 4) is 5.69 Å². The van der Waals surface area contributed by atoms with Crippen LogP contribution in [0.2, 0.25) is 5.02 Å². The lowest BCUT2D eigenvalue weighted by molar-refractivity contribution is 0.655. The lowest BCUT2D eigenvalue weighted by Crippen LogP contribution is -2.18. The molecule has 0 fully saturated rings. The predicted molar refractivity (Wildman–Crippen MR) is 85.6 cm³/mol. The maximum Gasteiger partial charge on any atom is 0.0649 e. The molecule has 0 spiro atoms. The summed E-state index contributed by atoms with van der Waals surface area (Å²) in [6.07, 6.45) is 2.45.